The van der Waals surface area contributed by atoms with Crippen molar-refractivity contribution in [2.24, 2.45) is 0 Å². The van der Waals surface area contributed by atoms with E-state index in [-0.39, 0.29) is 5.91 Å². The summed E-state index contributed by atoms with van der Waals surface area (Å²) < 4.78 is 7.28. The van der Waals surface area contributed by atoms with Gasteiger partial charge in [-0.1, -0.05) is 42.5 Å². The van der Waals surface area contributed by atoms with Crippen molar-refractivity contribution in [1.29, 1.82) is 0 Å². The number of ether oxygens (including phenoxy) is 1. The maximum atomic E-state index is 13.2. The third-order valence-electron chi connectivity index (χ3n) is 4.85. The van der Waals surface area contributed by atoms with E-state index in [9.17, 15) is 4.79 Å². The molecule has 4 rings (SSSR count). The zero-order valence-corrected chi connectivity index (χ0v) is 17.6. The molecule has 0 saturated heterocycles. The SMILES string of the molecule is COc1ccccc1CN(Cc1cccs1)C(=O)Cc1cnn(-c2ccccc2)c1. The second kappa shape index (κ2) is 9.41. The third-order valence-corrected chi connectivity index (χ3v) is 5.71. The smallest absolute Gasteiger partial charge is 0.227 e. The number of hydrogen-bond acceptors (Lipinski definition) is 4. The molecule has 5 nitrogen and oxygen atoms in total. The van der Waals surface area contributed by atoms with E-state index < -0.39 is 0 Å². The molecule has 1 amide bonds. The van der Waals surface area contributed by atoms with Crippen LogP contribution in [0.4, 0.5) is 0 Å². The molecule has 0 N–H and O–H groups in total. The first kappa shape index (κ1) is 19.9. The Labute approximate surface area is 180 Å². The molecule has 0 saturated carbocycles. The second-order valence-electron chi connectivity index (χ2n) is 6.95. The molecule has 6 heteroatoms. The minimum Gasteiger partial charge on any atom is -0.496 e. The fourth-order valence-corrected chi connectivity index (χ4v) is 4.04. The summed E-state index contributed by atoms with van der Waals surface area (Å²) in [6, 6.07) is 21.8. The van der Waals surface area contributed by atoms with Crippen molar-refractivity contribution in [1.82, 2.24) is 14.7 Å². The minimum absolute atomic E-state index is 0.0573. The number of benzene rings is 2. The number of hydrogen-bond donors (Lipinski definition) is 0. The van der Waals surface area contributed by atoms with Gasteiger partial charge in [0.15, 0.2) is 0 Å². The van der Waals surface area contributed by atoms with Gasteiger partial charge in [0.1, 0.15) is 5.75 Å². The molecule has 4 aromatic rings. The Balaban J connectivity index is 1.53. The van der Waals surface area contributed by atoms with Crippen molar-refractivity contribution < 1.29 is 9.53 Å². The predicted molar refractivity (Wildman–Crippen MR) is 119 cm³/mol. The van der Waals surface area contributed by atoms with Gasteiger partial charge in [-0.15, -0.1) is 11.3 Å². The standard InChI is InChI=1S/C24H23N3O2S/c1-29-23-12-6-5-8-20(23)17-26(18-22-11-7-13-30-22)24(28)14-19-15-25-27(16-19)21-9-3-2-4-10-21/h2-13,15-16H,14,17-18H2,1H3. The molecule has 0 fully saturated rings. The highest BCUT2D eigenvalue weighted by Crippen LogP contribution is 2.22. The Morgan fingerprint density at radius 1 is 1.03 bits per heavy atom. The number of rotatable bonds is 8. The Morgan fingerprint density at radius 3 is 2.60 bits per heavy atom. The van der Waals surface area contributed by atoms with Crippen molar-refractivity contribution in [2.75, 3.05) is 7.11 Å². The number of nitrogens with zero attached hydrogens (tertiary/aromatic N) is 3. The van der Waals surface area contributed by atoms with E-state index in [1.165, 1.54) is 0 Å². The van der Waals surface area contributed by atoms with E-state index in [0.717, 1.165) is 27.4 Å². The highest BCUT2D eigenvalue weighted by Gasteiger charge is 2.18. The van der Waals surface area contributed by atoms with Crippen LogP contribution < -0.4 is 4.74 Å². The van der Waals surface area contributed by atoms with E-state index in [1.807, 2.05) is 77.1 Å². The third kappa shape index (κ3) is 4.78. The lowest BCUT2D eigenvalue weighted by molar-refractivity contribution is -0.131. The molecule has 2 heterocycles. The van der Waals surface area contributed by atoms with Gasteiger partial charge >= 0.3 is 0 Å². The molecule has 30 heavy (non-hydrogen) atoms. The molecule has 0 radical (unpaired) electrons. The van der Waals surface area contributed by atoms with E-state index in [1.54, 1.807) is 29.3 Å². The molecular weight excluding hydrogens is 394 g/mol. The monoisotopic (exact) mass is 417 g/mol. The van der Waals surface area contributed by atoms with E-state index in [2.05, 4.69) is 11.2 Å². The number of carbonyl (C=O) groups is 1. The van der Waals surface area contributed by atoms with Crippen LogP contribution in [0.15, 0.2) is 84.5 Å². The minimum atomic E-state index is 0.0573. The maximum Gasteiger partial charge on any atom is 0.227 e. The van der Waals surface area contributed by atoms with E-state index in [0.29, 0.717) is 19.5 Å². The Morgan fingerprint density at radius 2 is 1.83 bits per heavy atom. The van der Waals surface area contributed by atoms with Crippen LogP contribution in [0.2, 0.25) is 0 Å². The van der Waals surface area contributed by atoms with Gasteiger partial charge in [-0.3, -0.25) is 4.79 Å². The predicted octanol–water partition coefficient (Wildman–Crippen LogP) is 4.71. The van der Waals surface area contributed by atoms with Gasteiger partial charge in [0.2, 0.25) is 5.91 Å². The van der Waals surface area contributed by atoms with Crippen LogP contribution in [-0.2, 0) is 24.3 Å². The lowest BCUT2D eigenvalue weighted by atomic mass is 10.1. The second-order valence-corrected chi connectivity index (χ2v) is 7.98. The lowest BCUT2D eigenvalue weighted by Crippen LogP contribution is -2.31. The summed E-state index contributed by atoms with van der Waals surface area (Å²) in [5.41, 5.74) is 2.85. The molecule has 0 spiro atoms. The van der Waals surface area contributed by atoms with Crippen LogP contribution in [0.1, 0.15) is 16.0 Å². The van der Waals surface area contributed by atoms with Gasteiger partial charge < -0.3 is 9.64 Å². The normalized spacial score (nSPS) is 10.7. The quantitative estimate of drug-likeness (QED) is 0.417. The van der Waals surface area contributed by atoms with Gasteiger partial charge in [-0.2, -0.15) is 5.10 Å². The lowest BCUT2D eigenvalue weighted by Gasteiger charge is -2.23. The number of carbonyl (C=O) groups excluding carboxylic acids is 1. The van der Waals surface area contributed by atoms with Crippen molar-refractivity contribution in [3.63, 3.8) is 0 Å². The van der Waals surface area contributed by atoms with Crippen LogP contribution in [0.25, 0.3) is 5.69 Å². The number of para-hydroxylation sites is 2. The van der Waals surface area contributed by atoms with Gasteiger partial charge in [0, 0.05) is 23.2 Å². The first-order valence-electron chi connectivity index (χ1n) is 9.74. The van der Waals surface area contributed by atoms with Crippen LogP contribution >= 0.6 is 11.3 Å². The molecule has 0 unspecified atom stereocenters. The zero-order valence-electron chi connectivity index (χ0n) is 16.8. The highest BCUT2D eigenvalue weighted by molar-refractivity contribution is 7.09. The number of methoxy groups -OCH3 is 1. The van der Waals surface area contributed by atoms with Crippen molar-refractivity contribution in [3.8, 4) is 11.4 Å². The molecule has 0 aliphatic rings. The molecule has 2 aromatic carbocycles. The molecule has 0 aliphatic heterocycles. The van der Waals surface area contributed by atoms with E-state index >= 15 is 0 Å². The van der Waals surface area contributed by atoms with Crippen LogP contribution in [0, 0.1) is 0 Å². The molecule has 0 aliphatic carbocycles. The Kier molecular flexibility index (Phi) is 6.25. The summed E-state index contributed by atoms with van der Waals surface area (Å²) in [5.74, 6) is 0.847. The fraction of sp³-hybridized carbons (Fsp3) is 0.167. The van der Waals surface area contributed by atoms with Gasteiger partial charge in [0.05, 0.1) is 32.0 Å². The first-order chi connectivity index (χ1) is 14.7. The average molecular weight is 418 g/mol. The maximum absolute atomic E-state index is 13.2. The molecule has 0 bridgehead atoms. The van der Waals surface area contributed by atoms with E-state index in [4.69, 9.17) is 4.74 Å². The van der Waals surface area contributed by atoms with Gasteiger partial charge in [-0.25, -0.2) is 4.68 Å². The largest absolute Gasteiger partial charge is 0.496 e. The van der Waals surface area contributed by atoms with Crippen molar-refractivity contribution >= 4 is 17.2 Å². The summed E-state index contributed by atoms with van der Waals surface area (Å²) in [6.07, 6.45) is 3.98. The summed E-state index contributed by atoms with van der Waals surface area (Å²) in [5, 5.41) is 6.45. The number of thiophene rings is 1. The number of aromatic nitrogens is 2. The number of amides is 1. The summed E-state index contributed by atoms with van der Waals surface area (Å²) in [7, 11) is 1.65. The fourth-order valence-electron chi connectivity index (χ4n) is 3.32. The van der Waals surface area contributed by atoms with Crippen molar-refractivity contribution in [3.05, 3.63) is 101 Å². The van der Waals surface area contributed by atoms with Gasteiger partial charge in [-0.05, 0) is 35.2 Å². The topological polar surface area (TPSA) is 47.4 Å². The average Bonchev–Trinajstić information content (AvgIpc) is 3.46. The molecule has 0 atom stereocenters. The van der Waals surface area contributed by atoms with Crippen LogP contribution in [-0.4, -0.2) is 27.7 Å². The Hall–Kier alpha value is -3.38. The first-order valence-corrected chi connectivity index (χ1v) is 10.6. The summed E-state index contributed by atoms with van der Waals surface area (Å²) in [6.45, 7) is 1.06. The highest BCUT2D eigenvalue weighted by atomic mass is 32.1. The van der Waals surface area contributed by atoms with Crippen LogP contribution in [0.3, 0.4) is 0 Å². The summed E-state index contributed by atoms with van der Waals surface area (Å²) in [4.78, 5) is 16.3. The summed E-state index contributed by atoms with van der Waals surface area (Å²) >= 11 is 1.66. The molecule has 2 aromatic heterocycles. The van der Waals surface area contributed by atoms with Crippen LogP contribution in [0.5, 0.6) is 5.75 Å². The molecular formula is C24H23N3O2S. The van der Waals surface area contributed by atoms with Gasteiger partial charge in [0.25, 0.3) is 0 Å². The van der Waals surface area contributed by atoms with Crippen molar-refractivity contribution in [2.45, 2.75) is 19.5 Å². The zero-order chi connectivity index (χ0) is 20.8. The molecule has 152 valence electrons. The Bertz CT molecular complexity index is 1090.